The van der Waals surface area contributed by atoms with Gasteiger partial charge in [0.2, 0.25) is 5.75 Å². The first kappa shape index (κ1) is 14.6. The van der Waals surface area contributed by atoms with Crippen LogP contribution in [0.15, 0.2) is 12.1 Å². The quantitative estimate of drug-likeness (QED) is 0.790. The fourth-order valence-electron chi connectivity index (χ4n) is 1.21. The van der Waals surface area contributed by atoms with Gasteiger partial charge in [0, 0.05) is 0 Å². The van der Waals surface area contributed by atoms with Crippen molar-refractivity contribution in [3.8, 4) is 17.2 Å². The summed E-state index contributed by atoms with van der Waals surface area (Å²) in [5.74, 6) is 2.02. The molecule has 0 aliphatic carbocycles. The molecule has 92 valence electrons. The van der Waals surface area contributed by atoms with Gasteiger partial charge < -0.3 is 14.2 Å². The van der Waals surface area contributed by atoms with Crippen molar-refractivity contribution in [3.05, 3.63) is 17.7 Å². The molecule has 0 N–H and O–H groups in total. The van der Waals surface area contributed by atoms with Crippen molar-refractivity contribution in [3.63, 3.8) is 0 Å². The van der Waals surface area contributed by atoms with Crippen molar-refractivity contribution in [2.24, 2.45) is 0 Å². The molecule has 0 spiro atoms. The average molecular weight is 226 g/mol. The second-order valence-corrected chi connectivity index (χ2v) is 3.41. The highest BCUT2D eigenvalue weighted by Gasteiger charge is 2.10. The maximum Gasteiger partial charge on any atom is 0.203 e. The Balaban J connectivity index is 0.000000673. The summed E-state index contributed by atoms with van der Waals surface area (Å²) < 4.78 is 15.5. The molecule has 1 aromatic rings. The predicted octanol–water partition coefficient (Wildman–Crippen LogP) is 3.44. The standard InChI is InChI=1S/C10H14O3.C3H8/c1-7-5-8(11-2)10(13-4)9(6-7)12-3;1-3-2/h5-6H,1-4H3;3H2,1-2H3. The van der Waals surface area contributed by atoms with Crippen molar-refractivity contribution in [2.45, 2.75) is 27.2 Å². The van der Waals surface area contributed by atoms with Gasteiger partial charge >= 0.3 is 0 Å². The second kappa shape index (κ2) is 7.85. The summed E-state index contributed by atoms with van der Waals surface area (Å²) in [4.78, 5) is 0. The molecular formula is C13H22O3. The van der Waals surface area contributed by atoms with E-state index < -0.39 is 0 Å². The SMILES string of the molecule is CCC.COc1cc(C)cc(OC)c1OC. The van der Waals surface area contributed by atoms with Crippen molar-refractivity contribution in [1.29, 1.82) is 0 Å². The summed E-state index contributed by atoms with van der Waals surface area (Å²) in [5, 5.41) is 0. The van der Waals surface area contributed by atoms with Gasteiger partial charge in [-0.05, 0) is 24.6 Å². The number of rotatable bonds is 3. The van der Waals surface area contributed by atoms with Crippen molar-refractivity contribution in [1.82, 2.24) is 0 Å². The fraction of sp³-hybridized carbons (Fsp3) is 0.538. The van der Waals surface area contributed by atoms with Crippen LogP contribution >= 0.6 is 0 Å². The van der Waals surface area contributed by atoms with Gasteiger partial charge in [-0.25, -0.2) is 0 Å². The van der Waals surface area contributed by atoms with E-state index in [2.05, 4.69) is 13.8 Å². The minimum atomic E-state index is 0.635. The zero-order valence-corrected chi connectivity index (χ0v) is 11.1. The molecule has 0 radical (unpaired) electrons. The van der Waals surface area contributed by atoms with Crippen molar-refractivity contribution >= 4 is 0 Å². The highest BCUT2D eigenvalue weighted by atomic mass is 16.5. The largest absolute Gasteiger partial charge is 0.493 e. The van der Waals surface area contributed by atoms with E-state index in [1.54, 1.807) is 21.3 Å². The number of aryl methyl sites for hydroxylation is 1. The van der Waals surface area contributed by atoms with Crippen LogP contribution in [0.5, 0.6) is 17.2 Å². The van der Waals surface area contributed by atoms with Gasteiger partial charge in [0.15, 0.2) is 11.5 Å². The zero-order valence-electron chi connectivity index (χ0n) is 11.1. The first-order valence-electron chi connectivity index (χ1n) is 5.41. The number of benzene rings is 1. The molecular weight excluding hydrogens is 204 g/mol. The Morgan fingerprint density at radius 2 is 1.25 bits per heavy atom. The Morgan fingerprint density at radius 1 is 0.875 bits per heavy atom. The smallest absolute Gasteiger partial charge is 0.203 e. The van der Waals surface area contributed by atoms with Gasteiger partial charge in [0.25, 0.3) is 0 Å². The topological polar surface area (TPSA) is 27.7 Å². The van der Waals surface area contributed by atoms with Crippen LogP contribution in [-0.2, 0) is 0 Å². The first-order valence-corrected chi connectivity index (χ1v) is 5.41. The Kier molecular flexibility index (Phi) is 7.18. The van der Waals surface area contributed by atoms with Crippen LogP contribution in [0.3, 0.4) is 0 Å². The fourth-order valence-corrected chi connectivity index (χ4v) is 1.21. The second-order valence-electron chi connectivity index (χ2n) is 3.41. The summed E-state index contributed by atoms with van der Waals surface area (Å²) in [6.45, 7) is 6.23. The lowest BCUT2D eigenvalue weighted by Gasteiger charge is -2.12. The van der Waals surface area contributed by atoms with Crippen LogP contribution in [0.1, 0.15) is 25.8 Å². The lowest BCUT2D eigenvalue weighted by molar-refractivity contribution is 0.324. The minimum absolute atomic E-state index is 0.635. The molecule has 0 heterocycles. The van der Waals surface area contributed by atoms with E-state index in [1.165, 1.54) is 6.42 Å². The van der Waals surface area contributed by atoms with E-state index in [0.717, 1.165) is 5.56 Å². The van der Waals surface area contributed by atoms with Gasteiger partial charge in [-0.2, -0.15) is 0 Å². The van der Waals surface area contributed by atoms with E-state index in [4.69, 9.17) is 14.2 Å². The van der Waals surface area contributed by atoms with E-state index in [9.17, 15) is 0 Å². The normalized spacial score (nSPS) is 8.88. The molecule has 0 unspecified atom stereocenters. The van der Waals surface area contributed by atoms with Gasteiger partial charge in [-0.1, -0.05) is 20.3 Å². The summed E-state index contributed by atoms with van der Waals surface area (Å²) in [5.41, 5.74) is 1.08. The van der Waals surface area contributed by atoms with E-state index in [0.29, 0.717) is 17.2 Å². The Hall–Kier alpha value is -1.38. The molecule has 0 aliphatic rings. The van der Waals surface area contributed by atoms with E-state index in [1.807, 2.05) is 19.1 Å². The molecule has 0 saturated heterocycles. The molecule has 0 bridgehead atoms. The lowest BCUT2D eigenvalue weighted by atomic mass is 10.2. The Bertz CT molecular complexity index is 283. The van der Waals surface area contributed by atoms with Gasteiger partial charge in [-0.3, -0.25) is 0 Å². The van der Waals surface area contributed by atoms with Crippen LogP contribution in [0.2, 0.25) is 0 Å². The third kappa shape index (κ3) is 4.01. The molecule has 0 amide bonds. The van der Waals surface area contributed by atoms with Gasteiger partial charge in [0.05, 0.1) is 21.3 Å². The molecule has 0 fully saturated rings. The predicted molar refractivity (Wildman–Crippen MR) is 66.8 cm³/mol. The van der Waals surface area contributed by atoms with E-state index in [-0.39, 0.29) is 0 Å². The molecule has 16 heavy (non-hydrogen) atoms. The van der Waals surface area contributed by atoms with Crippen molar-refractivity contribution < 1.29 is 14.2 Å². The number of hydrogen-bond donors (Lipinski definition) is 0. The van der Waals surface area contributed by atoms with Crippen LogP contribution in [0.25, 0.3) is 0 Å². The first-order chi connectivity index (χ1) is 7.64. The lowest BCUT2D eigenvalue weighted by Crippen LogP contribution is -1.95. The molecule has 0 saturated carbocycles. The zero-order chi connectivity index (χ0) is 12.6. The maximum atomic E-state index is 5.16. The third-order valence-corrected chi connectivity index (χ3v) is 1.81. The summed E-state index contributed by atoms with van der Waals surface area (Å²) in [6, 6.07) is 3.81. The number of hydrogen-bond acceptors (Lipinski definition) is 3. The van der Waals surface area contributed by atoms with E-state index >= 15 is 0 Å². The molecule has 0 atom stereocenters. The number of ether oxygens (including phenoxy) is 3. The van der Waals surface area contributed by atoms with Crippen LogP contribution < -0.4 is 14.2 Å². The molecule has 1 rings (SSSR count). The van der Waals surface area contributed by atoms with Crippen LogP contribution in [0.4, 0.5) is 0 Å². The maximum absolute atomic E-state index is 5.16. The Labute approximate surface area is 98.3 Å². The monoisotopic (exact) mass is 226 g/mol. The van der Waals surface area contributed by atoms with Crippen molar-refractivity contribution in [2.75, 3.05) is 21.3 Å². The van der Waals surface area contributed by atoms with Gasteiger partial charge in [-0.15, -0.1) is 0 Å². The third-order valence-electron chi connectivity index (χ3n) is 1.81. The highest BCUT2D eigenvalue weighted by molar-refractivity contribution is 5.53. The van der Waals surface area contributed by atoms with Crippen LogP contribution in [-0.4, -0.2) is 21.3 Å². The minimum Gasteiger partial charge on any atom is -0.493 e. The van der Waals surface area contributed by atoms with Gasteiger partial charge in [0.1, 0.15) is 0 Å². The summed E-state index contributed by atoms with van der Waals surface area (Å²) in [6.07, 6.45) is 1.25. The molecule has 0 aromatic heterocycles. The molecule has 3 heteroatoms. The van der Waals surface area contributed by atoms with Crippen LogP contribution in [0, 0.1) is 6.92 Å². The molecule has 1 aromatic carbocycles. The number of methoxy groups -OCH3 is 3. The summed E-state index contributed by atoms with van der Waals surface area (Å²) >= 11 is 0. The molecule has 3 nitrogen and oxygen atoms in total. The highest BCUT2D eigenvalue weighted by Crippen LogP contribution is 2.37. The summed E-state index contributed by atoms with van der Waals surface area (Å²) in [7, 11) is 4.81. The Morgan fingerprint density at radius 3 is 1.50 bits per heavy atom. The molecule has 0 aliphatic heterocycles. The average Bonchev–Trinajstić information content (AvgIpc) is 2.28.